The number of imide groups is 1. The van der Waals surface area contributed by atoms with Crippen molar-refractivity contribution in [3.8, 4) is 5.69 Å². The molecule has 2 aromatic rings. The van der Waals surface area contributed by atoms with Gasteiger partial charge in [-0.25, -0.2) is 9.59 Å². The van der Waals surface area contributed by atoms with E-state index in [1.54, 1.807) is 18.2 Å². The van der Waals surface area contributed by atoms with Gasteiger partial charge in [0.2, 0.25) is 0 Å². The van der Waals surface area contributed by atoms with E-state index in [-0.39, 0.29) is 0 Å². The number of amides is 3. The Bertz CT molecular complexity index is 740. The molecule has 7 heteroatoms. The summed E-state index contributed by atoms with van der Waals surface area (Å²) < 4.78 is 6.86. The molecule has 3 amide bonds. The van der Waals surface area contributed by atoms with Gasteiger partial charge in [-0.2, -0.15) is 0 Å². The number of carbonyl (C=O) groups excluding carboxylic acids is 3. The number of ether oxygens (including phenoxy) is 1. The van der Waals surface area contributed by atoms with E-state index in [0.717, 1.165) is 10.6 Å². The Balaban J connectivity index is 1.63. The number of rotatable bonds is 4. The van der Waals surface area contributed by atoms with Crippen LogP contribution in [0.3, 0.4) is 0 Å². The van der Waals surface area contributed by atoms with Gasteiger partial charge >= 0.3 is 12.0 Å². The van der Waals surface area contributed by atoms with Crippen LogP contribution in [0.1, 0.15) is 10.4 Å². The second-order valence-electron chi connectivity index (χ2n) is 4.99. The molecule has 0 bridgehead atoms. The van der Waals surface area contributed by atoms with Crippen LogP contribution in [-0.4, -0.2) is 47.1 Å². The summed E-state index contributed by atoms with van der Waals surface area (Å²) in [5.74, 6) is -1.14. The summed E-state index contributed by atoms with van der Waals surface area (Å²) in [6.07, 6.45) is 3.72. The number of hydrogen-bond donors (Lipinski definition) is 1. The van der Waals surface area contributed by atoms with Crippen molar-refractivity contribution in [2.75, 3.05) is 19.7 Å². The lowest BCUT2D eigenvalue weighted by atomic mass is 10.2. The predicted molar refractivity (Wildman–Crippen MR) is 81.2 cm³/mol. The van der Waals surface area contributed by atoms with Crippen molar-refractivity contribution in [1.29, 1.82) is 0 Å². The SMILES string of the molecule is O=C(OCC(=O)N1CCNC1=O)c1cccc(-n2cccc2)c1. The van der Waals surface area contributed by atoms with Crippen LogP contribution >= 0.6 is 0 Å². The lowest BCUT2D eigenvalue weighted by molar-refractivity contribution is -0.130. The molecule has 2 heterocycles. The van der Waals surface area contributed by atoms with Gasteiger partial charge in [0.15, 0.2) is 6.61 Å². The quantitative estimate of drug-likeness (QED) is 0.860. The van der Waals surface area contributed by atoms with Crippen molar-refractivity contribution < 1.29 is 19.1 Å². The highest BCUT2D eigenvalue weighted by Crippen LogP contribution is 2.12. The fourth-order valence-corrected chi connectivity index (χ4v) is 2.30. The predicted octanol–water partition coefficient (Wildman–Crippen LogP) is 1.19. The molecule has 1 aliphatic heterocycles. The summed E-state index contributed by atoms with van der Waals surface area (Å²) in [6.45, 7) is 0.246. The molecular formula is C16H15N3O4. The van der Waals surface area contributed by atoms with Gasteiger partial charge in [-0.3, -0.25) is 9.69 Å². The molecule has 1 N–H and O–H groups in total. The minimum absolute atomic E-state index is 0.290. The van der Waals surface area contributed by atoms with E-state index in [2.05, 4.69) is 5.32 Å². The fourth-order valence-electron chi connectivity index (χ4n) is 2.30. The molecule has 1 fully saturated rings. The summed E-state index contributed by atoms with van der Waals surface area (Å²) in [5.41, 5.74) is 1.16. The molecule has 7 nitrogen and oxygen atoms in total. The average molecular weight is 313 g/mol. The highest BCUT2D eigenvalue weighted by atomic mass is 16.5. The highest BCUT2D eigenvalue weighted by molar-refractivity contribution is 5.98. The standard InChI is InChI=1S/C16H15N3O4/c20-14(19-9-6-17-16(19)22)11-23-15(21)12-4-3-5-13(10-12)18-7-1-2-8-18/h1-5,7-8,10H,6,9,11H2,(H,17,22). The van der Waals surface area contributed by atoms with Crippen molar-refractivity contribution >= 4 is 17.9 Å². The molecule has 1 saturated heterocycles. The summed E-state index contributed by atoms with van der Waals surface area (Å²) in [4.78, 5) is 36.3. The van der Waals surface area contributed by atoms with Crippen LogP contribution in [0.25, 0.3) is 5.69 Å². The van der Waals surface area contributed by atoms with Crippen molar-refractivity contribution in [2.24, 2.45) is 0 Å². The molecule has 1 aliphatic rings. The van der Waals surface area contributed by atoms with E-state index in [1.807, 2.05) is 35.2 Å². The van der Waals surface area contributed by atoms with Crippen molar-refractivity contribution in [3.63, 3.8) is 0 Å². The number of esters is 1. The van der Waals surface area contributed by atoms with Crippen LogP contribution in [-0.2, 0) is 9.53 Å². The lowest BCUT2D eigenvalue weighted by Crippen LogP contribution is -2.37. The normalized spacial score (nSPS) is 13.7. The first-order chi connectivity index (χ1) is 11.1. The van der Waals surface area contributed by atoms with E-state index in [0.29, 0.717) is 18.7 Å². The first-order valence-electron chi connectivity index (χ1n) is 7.14. The molecule has 1 aromatic heterocycles. The molecule has 118 valence electrons. The van der Waals surface area contributed by atoms with Gasteiger partial charge in [0.25, 0.3) is 5.91 Å². The van der Waals surface area contributed by atoms with Crippen LogP contribution in [0.2, 0.25) is 0 Å². The highest BCUT2D eigenvalue weighted by Gasteiger charge is 2.26. The Kier molecular flexibility index (Phi) is 4.09. The Morgan fingerprint density at radius 1 is 1.17 bits per heavy atom. The summed E-state index contributed by atoms with van der Waals surface area (Å²) >= 11 is 0. The second kappa shape index (κ2) is 6.35. The Hall–Kier alpha value is -3.09. The van der Waals surface area contributed by atoms with Crippen molar-refractivity contribution in [1.82, 2.24) is 14.8 Å². The second-order valence-corrected chi connectivity index (χ2v) is 4.99. The first kappa shape index (κ1) is 14.8. The van der Waals surface area contributed by atoms with Crippen LogP contribution in [0.4, 0.5) is 4.79 Å². The van der Waals surface area contributed by atoms with Gasteiger partial charge in [-0.1, -0.05) is 6.07 Å². The smallest absolute Gasteiger partial charge is 0.338 e. The van der Waals surface area contributed by atoms with Gasteiger partial charge in [0, 0.05) is 31.2 Å². The third-order valence-electron chi connectivity index (χ3n) is 3.47. The fraction of sp³-hybridized carbons (Fsp3) is 0.188. The monoisotopic (exact) mass is 313 g/mol. The zero-order valence-electron chi connectivity index (χ0n) is 12.3. The maximum absolute atomic E-state index is 12.1. The molecule has 0 aliphatic carbocycles. The Morgan fingerprint density at radius 2 is 1.96 bits per heavy atom. The number of nitrogens with one attached hydrogen (secondary N) is 1. The summed E-state index contributed by atoms with van der Waals surface area (Å²) in [6, 6.07) is 10.2. The average Bonchev–Trinajstić information content (AvgIpc) is 3.24. The minimum atomic E-state index is -0.605. The molecule has 0 atom stereocenters. The Labute approximate surface area is 132 Å². The molecule has 23 heavy (non-hydrogen) atoms. The molecule has 1 aromatic carbocycles. The van der Waals surface area contributed by atoms with E-state index >= 15 is 0 Å². The molecular weight excluding hydrogens is 298 g/mol. The van der Waals surface area contributed by atoms with Crippen LogP contribution in [0.15, 0.2) is 48.8 Å². The maximum atomic E-state index is 12.1. The first-order valence-corrected chi connectivity index (χ1v) is 7.14. The van der Waals surface area contributed by atoms with Crippen molar-refractivity contribution in [2.45, 2.75) is 0 Å². The zero-order chi connectivity index (χ0) is 16.2. The van der Waals surface area contributed by atoms with Gasteiger partial charge in [-0.15, -0.1) is 0 Å². The molecule has 3 rings (SSSR count). The Morgan fingerprint density at radius 3 is 2.65 bits per heavy atom. The van der Waals surface area contributed by atoms with E-state index in [4.69, 9.17) is 4.74 Å². The van der Waals surface area contributed by atoms with Gasteiger partial charge < -0.3 is 14.6 Å². The third-order valence-corrected chi connectivity index (χ3v) is 3.47. The maximum Gasteiger partial charge on any atom is 0.338 e. The number of benzene rings is 1. The summed E-state index contributed by atoms with van der Waals surface area (Å²) in [7, 11) is 0. The topological polar surface area (TPSA) is 80.6 Å². The molecule has 0 saturated carbocycles. The largest absolute Gasteiger partial charge is 0.452 e. The van der Waals surface area contributed by atoms with Gasteiger partial charge in [-0.05, 0) is 30.3 Å². The summed E-state index contributed by atoms with van der Waals surface area (Å²) in [5, 5.41) is 2.52. The number of nitrogens with zero attached hydrogens (tertiary/aromatic N) is 2. The van der Waals surface area contributed by atoms with Gasteiger partial charge in [0.1, 0.15) is 0 Å². The number of aromatic nitrogens is 1. The molecule has 0 radical (unpaired) electrons. The number of urea groups is 1. The van der Waals surface area contributed by atoms with Crippen LogP contribution in [0, 0.1) is 0 Å². The van der Waals surface area contributed by atoms with Gasteiger partial charge in [0.05, 0.1) is 5.56 Å². The van der Waals surface area contributed by atoms with E-state index in [9.17, 15) is 14.4 Å². The van der Waals surface area contributed by atoms with E-state index in [1.165, 1.54) is 0 Å². The minimum Gasteiger partial charge on any atom is -0.452 e. The zero-order valence-corrected chi connectivity index (χ0v) is 12.3. The molecule has 0 unspecified atom stereocenters. The lowest BCUT2D eigenvalue weighted by Gasteiger charge is -2.12. The van der Waals surface area contributed by atoms with Crippen LogP contribution < -0.4 is 5.32 Å². The van der Waals surface area contributed by atoms with Crippen molar-refractivity contribution in [3.05, 3.63) is 54.4 Å². The third kappa shape index (κ3) is 3.23. The number of hydrogen-bond acceptors (Lipinski definition) is 4. The molecule has 0 spiro atoms. The van der Waals surface area contributed by atoms with E-state index < -0.39 is 24.5 Å². The number of carbonyl (C=O) groups is 3. The van der Waals surface area contributed by atoms with Crippen LogP contribution in [0.5, 0.6) is 0 Å².